The van der Waals surface area contributed by atoms with Gasteiger partial charge in [-0.3, -0.25) is 0 Å². The molecule has 0 aromatic carbocycles. The molecule has 0 aliphatic heterocycles. The zero-order valence-electron chi connectivity index (χ0n) is 9.01. The van der Waals surface area contributed by atoms with Crippen molar-refractivity contribution >= 4 is 22.9 Å². The summed E-state index contributed by atoms with van der Waals surface area (Å²) in [4.78, 5) is 1.27. The van der Waals surface area contributed by atoms with E-state index in [0.29, 0.717) is 12.0 Å². The first-order valence-electron chi connectivity index (χ1n) is 5.10. The Morgan fingerprint density at radius 2 is 2.29 bits per heavy atom. The molecule has 1 aromatic heterocycles. The lowest BCUT2D eigenvalue weighted by atomic mass is 9.96. The second-order valence-electron chi connectivity index (χ2n) is 3.67. The predicted octanol–water partition coefficient (Wildman–Crippen LogP) is 4.10. The van der Waals surface area contributed by atoms with Gasteiger partial charge in [-0.05, 0) is 30.8 Å². The van der Waals surface area contributed by atoms with Crippen molar-refractivity contribution in [2.45, 2.75) is 32.7 Å². The highest BCUT2D eigenvalue weighted by Gasteiger charge is 2.20. The van der Waals surface area contributed by atoms with Gasteiger partial charge in [0, 0.05) is 10.9 Å². The maximum absolute atomic E-state index is 6.13. The Hall–Kier alpha value is -0.0500. The Bertz CT molecular complexity index is 272. The maximum Gasteiger partial charge on any atom is 0.0561 e. The molecule has 14 heavy (non-hydrogen) atoms. The van der Waals surface area contributed by atoms with Crippen molar-refractivity contribution in [3.05, 3.63) is 21.3 Å². The van der Waals surface area contributed by atoms with Crippen molar-refractivity contribution < 1.29 is 0 Å². The van der Waals surface area contributed by atoms with E-state index in [9.17, 15) is 0 Å². The first-order valence-corrected chi connectivity index (χ1v) is 6.36. The molecule has 0 radical (unpaired) electrons. The van der Waals surface area contributed by atoms with Crippen LogP contribution in [0.3, 0.4) is 0 Å². The molecular weight excluding hydrogens is 214 g/mol. The van der Waals surface area contributed by atoms with Crippen LogP contribution >= 0.6 is 22.9 Å². The van der Waals surface area contributed by atoms with E-state index in [2.05, 4.69) is 24.5 Å². The average molecular weight is 232 g/mol. The molecule has 2 unspecified atom stereocenters. The van der Waals surface area contributed by atoms with Crippen molar-refractivity contribution in [3.8, 4) is 0 Å². The van der Waals surface area contributed by atoms with Crippen LogP contribution < -0.4 is 5.32 Å². The molecule has 80 valence electrons. The van der Waals surface area contributed by atoms with E-state index in [4.69, 9.17) is 11.6 Å². The largest absolute Gasteiger partial charge is 0.312 e. The van der Waals surface area contributed by atoms with Crippen LogP contribution in [0.25, 0.3) is 0 Å². The number of hydrogen-bond donors (Lipinski definition) is 1. The zero-order valence-corrected chi connectivity index (χ0v) is 10.6. The smallest absolute Gasteiger partial charge is 0.0561 e. The third-order valence-electron chi connectivity index (χ3n) is 2.55. The fraction of sp³-hybridized carbons (Fsp3) is 0.636. The fourth-order valence-corrected chi connectivity index (χ4v) is 3.24. The summed E-state index contributed by atoms with van der Waals surface area (Å²) in [5, 5.41) is 6.31. The Balaban J connectivity index is 2.76. The summed E-state index contributed by atoms with van der Waals surface area (Å²) in [6.45, 7) is 4.50. The third-order valence-corrected chi connectivity index (χ3v) is 3.99. The molecule has 0 aliphatic rings. The number of nitrogens with one attached hydrogen (secondary N) is 1. The standard InChI is InChI=1S/C11H18ClNS/c1-4-5-8(2)10(13-3)11-9(12)6-7-14-11/h6-8,10,13H,4-5H2,1-3H3. The number of thiophene rings is 1. The molecule has 0 amide bonds. The Labute approximate surface area is 95.5 Å². The van der Waals surface area contributed by atoms with Gasteiger partial charge in [0.1, 0.15) is 0 Å². The number of halogens is 1. The SMILES string of the molecule is CCCC(C)C(NC)c1sccc1Cl. The maximum atomic E-state index is 6.13. The minimum atomic E-state index is 0.405. The third kappa shape index (κ3) is 2.72. The van der Waals surface area contributed by atoms with Gasteiger partial charge in [-0.2, -0.15) is 0 Å². The number of hydrogen-bond acceptors (Lipinski definition) is 2. The molecule has 0 spiro atoms. The van der Waals surface area contributed by atoms with Gasteiger partial charge in [0.05, 0.1) is 5.02 Å². The average Bonchev–Trinajstić information content (AvgIpc) is 2.54. The van der Waals surface area contributed by atoms with Gasteiger partial charge in [0.15, 0.2) is 0 Å². The van der Waals surface area contributed by atoms with Gasteiger partial charge < -0.3 is 5.32 Å². The molecule has 0 fully saturated rings. The van der Waals surface area contributed by atoms with Crippen molar-refractivity contribution in [1.29, 1.82) is 0 Å². The van der Waals surface area contributed by atoms with Crippen molar-refractivity contribution in [2.24, 2.45) is 5.92 Å². The predicted molar refractivity (Wildman–Crippen MR) is 65.2 cm³/mol. The lowest BCUT2D eigenvalue weighted by Gasteiger charge is -2.22. The molecule has 1 rings (SSSR count). The molecule has 3 heteroatoms. The summed E-state index contributed by atoms with van der Waals surface area (Å²) in [6.07, 6.45) is 2.46. The summed E-state index contributed by atoms with van der Waals surface area (Å²) < 4.78 is 0. The highest BCUT2D eigenvalue weighted by atomic mass is 35.5. The van der Waals surface area contributed by atoms with Crippen LogP contribution in [-0.4, -0.2) is 7.05 Å². The first kappa shape index (κ1) is 12.0. The second-order valence-corrected chi connectivity index (χ2v) is 5.02. The van der Waals surface area contributed by atoms with E-state index in [1.54, 1.807) is 11.3 Å². The minimum Gasteiger partial charge on any atom is -0.312 e. The van der Waals surface area contributed by atoms with E-state index in [1.165, 1.54) is 17.7 Å². The lowest BCUT2D eigenvalue weighted by Crippen LogP contribution is -2.22. The van der Waals surface area contributed by atoms with Gasteiger partial charge in [-0.15, -0.1) is 11.3 Å². The quantitative estimate of drug-likeness (QED) is 0.805. The molecule has 2 atom stereocenters. The van der Waals surface area contributed by atoms with E-state index >= 15 is 0 Å². The zero-order chi connectivity index (χ0) is 10.6. The van der Waals surface area contributed by atoms with Gasteiger partial charge >= 0.3 is 0 Å². The number of rotatable bonds is 5. The summed E-state index contributed by atoms with van der Waals surface area (Å²) in [5.74, 6) is 0.640. The summed E-state index contributed by atoms with van der Waals surface area (Å²) in [6, 6.07) is 2.38. The highest BCUT2D eigenvalue weighted by Crippen LogP contribution is 2.34. The second kappa shape index (κ2) is 5.74. The fourth-order valence-electron chi connectivity index (χ4n) is 1.82. The molecule has 0 aliphatic carbocycles. The van der Waals surface area contributed by atoms with Gasteiger partial charge in [-0.1, -0.05) is 31.9 Å². The molecule has 0 saturated heterocycles. The van der Waals surface area contributed by atoms with E-state index in [0.717, 1.165) is 5.02 Å². The van der Waals surface area contributed by atoms with E-state index in [-0.39, 0.29) is 0 Å². The van der Waals surface area contributed by atoms with Crippen LogP contribution in [0.5, 0.6) is 0 Å². The molecule has 0 bridgehead atoms. The van der Waals surface area contributed by atoms with Gasteiger partial charge in [-0.25, -0.2) is 0 Å². The Kier molecular flexibility index (Phi) is 4.93. The normalized spacial score (nSPS) is 15.4. The lowest BCUT2D eigenvalue weighted by molar-refractivity contribution is 0.389. The van der Waals surface area contributed by atoms with Crippen molar-refractivity contribution in [1.82, 2.24) is 5.32 Å². The Morgan fingerprint density at radius 1 is 1.57 bits per heavy atom. The molecule has 1 N–H and O–H groups in total. The van der Waals surface area contributed by atoms with Crippen LogP contribution in [0.4, 0.5) is 0 Å². The molecule has 1 nitrogen and oxygen atoms in total. The topological polar surface area (TPSA) is 12.0 Å². The van der Waals surface area contributed by atoms with E-state index in [1.807, 2.05) is 13.1 Å². The van der Waals surface area contributed by atoms with Crippen molar-refractivity contribution in [2.75, 3.05) is 7.05 Å². The summed E-state index contributed by atoms with van der Waals surface area (Å²) >= 11 is 7.87. The van der Waals surface area contributed by atoms with Crippen LogP contribution in [0.15, 0.2) is 11.4 Å². The summed E-state index contributed by atoms with van der Waals surface area (Å²) in [7, 11) is 2.01. The van der Waals surface area contributed by atoms with Crippen LogP contribution in [0.1, 0.15) is 37.6 Å². The summed E-state index contributed by atoms with van der Waals surface area (Å²) in [5.41, 5.74) is 0. The van der Waals surface area contributed by atoms with Crippen LogP contribution in [-0.2, 0) is 0 Å². The monoisotopic (exact) mass is 231 g/mol. The van der Waals surface area contributed by atoms with E-state index < -0.39 is 0 Å². The Morgan fingerprint density at radius 3 is 2.71 bits per heavy atom. The van der Waals surface area contributed by atoms with Crippen LogP contribution in [0.2, 0.25) is 5.02 Å². The highest BCUT2D eigenvalue weighted by molar-refractivity contribution is 7.10. The first-order chi connectivity index (χ1) is 6.70. The molecule has 0 saturated carbocycles. The van der Waals surface area contributed by atoms with Crippen molar-refractivity contribution in [3.63, 3.8) is 0 Å². The minimum absolute atomic E-state index is 0.405. The van der Waals surface area contributed by atoms with Crippen LogP contribution in [0, 0.1) is 5.92 Å². The molecule has 1 aromatic rings. The van der Waals surface area contributed by atoms with Gasteiger partial charge in [0.2, 0.25) is 0 Å². The van der Waals surface area contributed by atoms with Gasteiger partial charge in [0.25, 0.3) is 0 Å². The molecular formula is C11H18ClNS. The molecule has 1 heterocycles.